The summed E-state index contributed by atoms with van der Waals surface area (Å²) in [6, 6.07) is 6.48. The standard InChI is InChI=1S/C20H26N2O4/c1-6-9-14(13(2)21-19(25)26-20(3,4)5)12-22-17(23)15-10-7-8-11-16(15)18(22)24/h6-8,10-11,13-14H,1,9,12H2,2-5H3,(H,21,25). The number of allylic oxidation sites excluding steroid dienone is 1. The topological polar surface area (TPSA) is 75.7 Å². The maximum Gasteiger partial charge on any atom is 0.407 e. The number of amides is 3. The molecule has 1 aromatic rings. The van der Waals surface area contributed by atoms with E-state index in [1.807, 2.05) is 6.92 Å². The number of alkyl carbamates (subject to hydrolysis) is 1. The number of rotatable bonds is 6. The van der Waals surface area contributed by atoms with Gasteiger partial charge < -0.3 is 10.1 Å². The quantitative estimate of drug-likeness (QED) is 0.625. The van der Waals surface area contributed by atoms with E-state index < -0.39 is 11.7 Å². The lowest BCUT2D eigenvalue weighted by molar-refractivity contribution is 0.0481. The number of carbonyl (C=O) groups is 3. The molecule has 0 fully saturated rings. The maximum absolute atomic E-state index is 12.5. The molecule has 26 heavy (non-hydrogen) atoms. The van der Waals surface area contributed by atoms with Gasteiger partial charge in [-0.2, -0.15) is 0 Å². The summed E-state index contributed by atoms with van der Waals surface area (Å²) in [4.78, 5) is 38.4. The molecular formula is C20H26N2O4. The van der Waals surface area contributed by atoms with Crippen molar-refractivity contribution in [3.63, 3.8) is 0 Å². The number of imide groups is 1. The summed E-state index contributed by atoms with van der Waals surface area (Å²) in [7, 11) is 0. The maximum atomic E-state index is 12.5. The van der Waals surface area contributed by atoms with Crippen LogP contribution in [-0.4, -0.2) is 41.0 Å². The molecule has 3 amide bonds. The van der Waals surface area contributed by atoms with Crippen LogP contribution < -0.4 is 5.32 Å². The Hall–Kier alpha value is -2.63. The number of nitrogens with one attached hydrogen (secondary N) is 1. The van der Waals surface area contributed by atoms with Gasteiger partial charge in [-0.15, -0.1) is 6.58 Å². The van der Waals surface area contributed by atoms with Crippen LogP contribution >= 0.6 is 0 Å². The van der Waals surface area contributed by atoms with Gasteiger partial charge in [-0.3, -0.25) is 14.5 Å². The van der Waals surface area contributed by atoms with E-state index >= 15 is 0 Å². The third kappa shape index (κ3) is 4.50. The van der Waals surface area contributed by atoms with Crippen molar-refractivity contribution < 1.29 is 19.1 Å². The molecule has 0 spiro atoms. The first-order chi connectivity index (χ1) is 12.1. The van der Waals surface area contributed by atoms with E-state index in [4.69, 9.17) is 4.74 Å². The molecule has 1 aromatic carbocycles. The van der Waals surface area contributed by atoms with Gasteiger partial charge in [0.1, 0.15) is 5.60 Å². The van der Waals surface area contributed by atoms with Crippen molar-refractivity contribution >= 4 is 17.9 Å². The van der Waals surface area contributed by atoms with Gasteiger partial charge in [0.05, 0.1) is 11.1 Å². The van der Waals surface area contributed by atoms with Crippen molar-refractivity contribution in [2.24, 2.45) is 5.92 Å². The Morgan fingerprint density at radius 2 is 1.77 bits per heavy atom. The first-order valence-corrected chi connectivity index (χ1v) is 8.69. The first-order valence-electron chi connectivity index (χ1n) is 8.69. The van der Waals surface area contributed by atoms with Crippen molar-refractivity contribution in [2.75, 3.05) is 6.54 Å². The lowest BCUT2D eigenvalue weighted by Crippen LogP contribution is -2.46. The van der Waals surface area contributed by atoms with Crippen molar-refractivity contribution in [1.82, 2.24) is 10.2 Å². The Balaban J connectivity index is 2.09. The Morgan fingerprint density at radius 3 is 2.23 bits per heavy atom. The second-order valence-electron chi connectivity index (χ2n) is 7.49. The summed E-state index contributed by atoms with van der Waals surface area (Å²) in [6.07, 6.45) is 1.74. The van der Waals surface area contributed by atoms with E-state index in [1.165, 1.54) is 4.90 Å². The Labute approximate surface area is 154 Å². The van der Waals surface area contributed by atoms with Gasteiger partial charge >= 0.3 is 6.09 Å². The highest BCUT2D eigenvalue weighted by Crippen LogP contribution is 2.25. The molecule has 6 nitrogen and oxygen atoms in total. The van der Waals surface area contributed by atoms with E-state index in [0.717, 1.165) is 0 Å². The summed E-state index contributed by atoms with van der Waals surface area (Å²) in [5.41, 5.74) is 0.241. The molecule has 2 unspecified atom stereocenters. The predicted molar refractivity (Wildman–Crippen MR) is 98.9 cm³/mol. The van der Waals surface area contributed by atoms with Crippen LogP contribution in [0.5, 0.6) is 0 Å². The van der Waals surface area contributed by atoms with Crippen LogP contribution in [-0.2, 0) is 4.74 Å². The average molecular weight is 358 g/mol. The van der Waals surface area contributed by atoms with Gasteiger partial charge in [-0.1, -0.05) is 18.2 Å². The van der Waals surface area contributed by atoms with Crippen LogP contribution in [0.2, 0.25) is 0 Å². The molecule has 1 aliphatic heterocycles. The molecule has 0 saturated carbocycles. The molecule has 1 aliphatic rings. The van der Waals surface area contributed by atoms with Crippen LogP contribution in [0.25, 0.3) is 0 Å². The number of hydrogen-bond donors (Lipinski definition) is 1. The molecule has 0 radical (unpaired) electrons. The number of benzene rings is 1. The first kappa shape index (κ1) is 19.7. The molecule has 2 atom stereocenters. The highest BCUT2D eigenvalue weighted by Gasteiger charge is 2.37. The smallest absolute Gasteiger partial charge is 0.407 e. The molecule has 0 aliphatic carbocycles. The second kappa shape index (κ2) is 7.72. The van der Waals surface area contributed by atoms with Gasteiger partial charge in [0, 0.05) is 18.5 Å². The number of nitrogens with zero attached hydrogens (tertiary/aromatic N) is 1. The summed E-state index contributed by atoms with van der Waals surface area (Å²) < 4.78 is 5.28. The highest BCUT2D eigenvalue weighted by molar-refractivity contribution is 6.21. The second-order valence-corrected chi connectivity index (χ2v) is 7.49. The molecule has 1 N–H and O–H groups in total. The van der Waals surface area contributed by atoms with Gasteiger partial charge in [0.15, 0.2) is 0 Å². The van der Waals surface area contributed by atoms with Crippen LogP contribution in [0.1, 0.15) is 54.8 Å². The third-order valence-electron chi connectivity index (χ3n) is 4.22. The molecule has 140 valence electrons. The molecule has 0 bridgehead atoms. The van der Waals surface area contributed by atoms with Gasteiger partial charge in [0.25, 0.3) is 11.8 Å². The largest absolute Gasteiger partial charge is 0.444 e. The van der Waals surface area contributed by atoms with Crippen molar-refractivity contribution in [2.45, 2.75) is 45.8 Å². The van der Waals surface area contributed by atoms with Crippen LogP contribution in [0, 0.1) is 5.92 Å². The normalized spacial score (nSPS) is 16.1. The van der Waals surface area contributed by atoms with E-state index in [1.54, 1.807) is 51.1 Å². The average Bonchev–Trinajstić information content (AvgIpc) is 2.77. The summed E-state index contributed by atoms with van der Waals surface area (Å²) in [6.45, 7) is 11.1. The zero-order valence-electron chi connectivity index (χ0n) is 15.7. The van der Waals surface area contributed by atoms with Crippen molar-refractivity contribution in [3.05, 3.63) is 48.0 Å². The van der Waals surface area contributed by atoms with E-state index in [0.29, 0.717) is 17.5 Å². The minimum Gasteiger partial charge on any atom is -0.444 e. The Kier molecular flexibility index (Phi) is 5.85. The lowest BCUT2D eigenvalue weighted by atomic mass is 9.96. The van der Waals surface area contributed by atoms with E-state index in [2.05, 4.69) is 11.9 Å². The fourth-order valence-corrected chi connectivity index (χ4v) is 2.90. The number of ether oxygens (including phenoxy) is 1. The fourth-order valence-electron chi connectivity index (χ4n) is 2.90. The molecular weight excluding hydrogens is 332 g/mol. The molecule has 0 saturated heterocycles. The summed E-state index contributed by atoms with van der Waals surface area (Å²) in [5.74, 6) is -0.768. The van der Waals surface area contributed by atoms with Crippen molar-refractivity contribution in [1.29, 1.82) is 0 Å². The summed E-state index contributed by atoms with van der Waals surface area (Å²) in [5, 5.41) is 2.79. The monoisotopic (exact) mass is 358 g/mol. The van der Waals surface area contributed by atoms with Gasteiger partial charge in [0.2, 0.25) is 0 Å². The minimum absolute atomic E-state index is 0.165. The highest BCUT2D eigenvalue weighted by atomic mass is 16.6. The van der Waals surface area contributed by atoms with Gasteiger partial charge in [-0.05, 0) is 46.2 Å². The van der Waals surface area contributed by atoms with Crippen molar-refractivity contribution in [3.8, 4) is 0 Å². The minimum atomic E-state index is -0.597. The van der Waals surface area contributed by atoms with Crippen LogP contribution in [0.15, 0.2) is 36.9 Å². The Bertz CT molecular complexity index is 686. The third-order valence-corrected chi connectivity index (χ3v) is 4.22. The molecule has 6 heteroatoms. The van der Waals surface area contributed by atoms with Crippen LogP contribution in [0.3, 0.4) is 0 Å². The van der Waals surface area contributed by atoms with E-state index in [9.17, 15) is 14.4 Å². The number of fused-ring (bicyclic) bond motifs is 1. The van der Waals surface area contributed by atoms with Gasteiger partial charge in [-0.25, -0.2) is 4.79 Å². The Morgan fingerprint density at radius 1 is 1.23 bits per heavy atom. The predicted octanol–water partition coefficient (Wildman–Crippen LogP) is 3.39. The number of carbonyl (C=O) groups excluding carboxylic acids is 3. The van der Waals surface area contributed by atoms with Crippen LogP contribution in [0.4, 0.5) is 4.79 Å². The zero-order valence-corrected chi connectivity index (χ0v) is 15.7. The molecule has 0 aromatic heterocycles. The SMILES string of the molecule is C=CCC(CN1C(=O)c2ccccc2C1=O)C(C)NC(=O)OC(C)(C)C. The van der Waals surface area contributed by atoms with E-state index in [-0.39, 0.29) is 30.3 Å². The molecule has 2 rings (SSSR count). The number of hydrogen-bond acceptors (Lipinski definition) is 4. The summed E-state index contributed by atoms with van der Waals surface area (Å²) >= 11 is 0. The molecule has 1 heterocycles. The zero-order chi connectivity index (χ0) is 19.5. The lowest BCUT2D eigenvalue weighted by Gasteiger charge is -2.28. The fraction of sp³-hybridized carbons (Fsp3) is 0.450.